The van der Waals surface area contributed by atoms with Crippen molar-refractivity contribution in [2.24, 2.45) is 5.92 Å². The van der Waals surface area contributed by atoms with Crippen LogP contribution in [0.25, 0.3) is 11.0 Å². The van der Waals surface area contributed by atoms with Gasteiger partial charge in [0.15, 0.2) is 0 Å². The van der Waals surface area contributed by atoms with Gasteiger partial charge in [-0.25, -0.2) is 4.98 Å². The van der Waals surface area contributed by atoms with Crippen LogP contribution < -0.4 is 10.3 Å². The van der Waals surface area contributed by atoms with Crippen molar-refractivity contribution in [3.63, 3.8) is 0 Å². The van der Waals surface area contributed by atoms with Gasteiger partial charge in [-0.3, -0.25) is 9.59 Å². The van der Waals surface area contributed by atoms with E-state index in [1.807, 2.05) is 49.1 Å². The normalized spacial score (nSPS) is 14.6. The Morgan fingerprint density at radius 1 is 1.09 bits per heavy atom. The van der Waals surface area contributed by atoms with Crippen molar-refractivity contribution in [1.82, 2.24) is 14.5 Å². The summed E-state index contributed by atoms with van der Waals surface area (Å²) in [6, 6.07) is 13.9. The number of rotatable bonds is 7. The van der Waals surface area contributed by atoms with Gasteiger partial charge < -0.3 is 14.2 Å². The largest absolute Gasteiger partial charge is 0.494 e. The number of aromatic nitrogens is 2. The quantitative estimate of drug-likeness (QED) is 0.531. The van der Waals surface area contributed by atoms with Crippen molar-refractivity contribution in [3.05, 3.63) is 69.6 Å². The van der Waals surface area contributed by atoms with Gasteiger partial charge >= 0.3 is 0 Å². The Labute approximate surface area is 195 Å². The zero-order chi connectivity index (χ0) is 23.4. The molecule has 174 valence electrons. The molecule has 1 aliphatic heterocycles. The average Bonchev–Trinajstić information content (AvgIpc) is 2.84. The van der Waals surface area contributed by atoms with E-state index in [-0.39, 0.29) is 11.5 Å². The Kier molecular flexibility index (Phi) is 7.11. The van der Waals surface area contributed by atoms with Crippen LogP contribution in [-0.2, 0) is 13.0 Å². The number of amides is 1. The van der Waals surface area contributed by atoms with Crippen molar-refractivity contribution >= 4 is 16.9 Å². The summed E-state index contributed by atoms with van der Waals surface area (Å²) in [6.07, 6.45) is 4.26. The van der Waals surface area contributed by atoms with Crippen molar-refractivity contribution in [2.75, 3.05) is 19.7 Å². The lowest BCUT2D eigenvalue weighted by Gasteiger charge is -2.32. The Morgan fingerprint density at radius 2 is 1.82 bits per heavy atom. The summed E-state index contributed by atoms with van der Waals surface area (Å²) in [5.74, 6) is 1.61. The van der Waals surface area contributed by atoms with E-state index in [9.17, 15) is 9.59 Å². The number of benzene rings is 2. The molecule has 0 unspecified atom stereocenters. The molecule has 4 rings (SSSR count). The highest BCUT2D eigenvalue weighted by atomic mass is 16.5. The monoisotopic (exact) mass is 447 g/mol. The molecule has 1 fully saturated rings. The van der Waals surface area contributed by atoms with Crippen LogP contribution in [0.4, 0.5) is 0 Å². The molecule has 0 N–H and O–H groups in total. The summed E-state index contributed by atoms with van der Waals surface area (Å²) in [7, 11) is 0. The molecule has 0 atom stereocenters. The number of fused-ring (bicyclic) bond motifs is 1. The lowest BCUT2D eigenvalue weighted by Crippen LogP contribution is -2.38. The number of hydrogen-bond donors (Lipinski definition) is 0. The van der Waals surface area contributed by atoms with Gasteiger partial charge in [0.2, 0.25) is 0 Å². The van der Waals surface area contributed by atoms with E-state index in [0.717, 1.165) is 50.0 Å². The fourth-order valence-corrected chi connectivity index (χ4v) is 4.72. The molecule has 0 spiro atoms. The van der Waals surface area contributed by atoms with Gasteiger partial charge in [-0.1, -0.05) is 12.1 Å². The number of aryl methyl sites for hydroxylation is 3. The van der Waals surface area contributed by atoms with Crippen LogP contribution in [0.1, 0.15) is 54.7 Å². The first-order valence-electron chi connectivity index (χ1n) is 12.0. The second-order valence-corrected chi connectivity index (χ2v) is 8.80. The first kappa shape index (κ1) is 23.0. The van der Waals surface area contributed by atoms with E-state index in [1.165, 1.54) is 5.56 Å². The molecule has 0 aliphatic carbocycles. The zero-order valence-corrected chi connectivity index (χ0v) is 19.8. The van der Waals surface area contributed by atoms with E-state index >= 15 is 0 Å². The minimum absolute atomic E-state index is 0.0514. The molecule has 6 heteroatoms. The SMILES string of the molecule is CCOc1ccc(CCC2CCN(C(=O)c3ccc4c(c3)nc(C)c(=O)n4CC)CC2)cc1. The first-order chi connectivity index (χ1) is 16.0. The minimum atomic E-state index is -0.0728. The molecule has 2 aromatic carbocycles. The van der Waals surface area contributed by atoms with Gasteiger partial charge in [0.1, 0.15) is 11.4 Å². The topological polar surface area (TPSA) is 64.4 Å². The lowest BCUT2D eigenvalue weighted by molar-refractivity contribution is 0.0687. The van der Waals surface area contributed by atoms with E-state index in [2.05, 4.69) is 17.1 Å². The Morgan fingerprint density at radius 3 is 2.48 bits per heavy atom. The zero-order valence-electron chi connectivity index (χ0n) is 19.8. The van der Waals surface area contributed by atoms with Crippen LogP contribution in [0.3, 0.4) is 0 Å². The standard InChI is InChI=1S/C27H33N3O3/c1-4-30-25-13-10-22(18-24(25)28-19(3)26(30)31)27(32)29-16-14-21(15-17-29)7-6-20-8-11-23(12-9-20)33-5-2/h8-13,18,21H,4-7,14-17H2,1-3H3. The highest BCUT2D eigenvalue weighted by Gasteiger charge is 2.24. The van der Waals surface area contributed by atoms with Crippen molar-refractivity contribution < 1.29 is 9.53 Å². The summed E-state index contributed by atoms with van der Waals surface area (Å²) in [5.41, 5.74) is 3.84. The molecular weight excluding hydrogens is 414 g/mol. The van der Waals surface area contributed by atoms with Crippen molar-refractivity contribution in [1.29, 1.82) is 0 Å². The van der Waals surface area contributed by atoms with Crippen LogP contribution in [0, 0.1) is 12.8 Å². The smallest absolute Gasteiger partial charge is 0.272 e. The molecule has 0 radical (unpaired) electrons. The molecule has 1 saturated heterocycles. The molecule has 3 aromatic rings. The number of hydrogen-bond acceptors (Lipinski definition) is 4. The Balaban J connectivity index is 1.35. The molecular formula is C27H33N3O3. The lowest BCUT2D eigenvalue weighted by atomic mass is 9.90. The summed E-state index contributed by atoms with van der Waals surface area (Å²) >= 11 is 0. The van der Waals surface area contributed by atoms with Crippen LogP contribution in [0.2, 0.25) is 0 Å². The number of carbonyl (C=O) groups is 1. The van der Waals surface area contributed by atoms with Crippen LogP contribution in [0.5, 0.6) is 5.75 Å². The molecule has 2 heterocycles. The molecule has 33 heavy (non-hydrogen) atoms. The fourth-order valence-electron chi connectivity index (χ4n) is 4.72. The van der Waals surface area contributed by atoms with Crippen LogP contribution in [0.15, 0.2) is 47.3 Å². The summed E-state index contributed by atoms with van der Waals surface area (Å²) in [4.78, 5) is 31.9. The van der Waals surface area contributed by atoms with Gasteiger partial charge in [0.25, 0.3) is 11.5 Å². The third kappa shape index (κ3) is 5.10. The first-order valence-corrected chi connectivity index (χ1v) is 12.0. The predicted molar refractivity (Wildman–Crippen MR) is 131 cm³/mol. The fraction of sp³-hybridized carbons (Fsp3) is 0.444. The van der Waals surface area contributed by atoms with Gasteiger partial charge in [-0.05, 0) is 88.3 Å². The van der Waals surface area contributed by atoms with Crippen LogP contribution in [-0.4, -0.2) is 40.1 Å². The molecule has 0 saturated carbocycles. The average molecular weight is 448 g/mol. The third-order valence-corrected chi connectivity index (χ3v) is 6.65. The highest BCUT2D eigenvalue weighted by Crippen LogP contribution is 2.25. The maximum Gasteiger partial charge on any atom is 0.272 e. The maximum atomic E-state index is 13.1. The number of piperidine rings is 1. The highest BCUT2D eigenvalue weighted by molar-refractivity contribution is 5.97. The molecule has 1 aromatic heterocycles. The van der Waals surface area contributed by atoms with E-state index in [4.69, 9.17) is 4.74 Å². The maximum absolute atomic E-state index is 13.1. The van der Waals surface area contributed by atoms with Crippen LogP contribution >= 0.6 is 0 Å². The number of ether oxygens (including phenoxy) is 1. The van der Waals surface area contributed by atoms with Gasteiger partial charge in [-0.15, -0.1) is 0 Å². The Bertz CT molecular complexity index is 1180. The number of likely N-dealkylation sites (tertiary alicyclic amines) is 1. The molecule has 1 aliphatic rings. The van der Waals surface area contributed by atoms with E-state index in [1.54, 1.807) is 11.5 Å². The second-order valence-electron chi connectivity index (χ2n) is 8.80. The van der Waals surface area contributed by atoms with Gasteiger partial charge in [0, 0.05) is 25.2 Å². The number of nitrogens with zero attached hydrogens (tertiary/aromatic N) is 3. The third-order valence-electron chi connectivity index (χ3n) is 6.65. The molecule has 0 bridgehead atoms. The summed E-state index contributed by atoms with van der Waals surface area (Å²) in [6.45, 7) is 8.49. The summed E-state index contributed by atoms with van der Waals surface area (Å²) < 4.78 is 7.23. The predicted octanol–water partition coefficient (Wildman–Crippen LogP) is 4.61. The minimum Gasteiger partial charge on any atom is -0.494 e. The second kappa shape index (κ2) is 10.2. The Hall–Kier alpha value is -3.15. The van der Waals surface area contributed by atoms with E-state index in [0.29, 0.717) is 35.8 Å². The molecule has 6 nitrogen and oxygen atoms in total. The van der Waals surface area contributed by atoms with Crippen molar-refractivity contribution in [2.45, 2.75) is 53.0 Å². The van der Waals surface area contributed by atoms with Gasteiger partial charge in [0.05, 0.1) is 17.6 Å². The van der Waals surface area contributed by atoms with Crippen molar-refractivity contribution in [3.8, 4) is 5.75 Å². The summed E-state index contributed by atoms with van der Waals surface area (Å²) in [5, 5.41) is 0. The molecule has 1 amide bonds. The number of carbonyl (C=O) groups excluding carboxylic acids is 1. The van der Waals surface area contributed by atoms with Gasteiger partial charge in [-0.2, -0.15) is 0 Å². The van der Waals surface area contributed by atoms with E-state index < -0.39 is 0 Å².